The van der Waals surface area contributed by atoms with E-state index in [0.717, 1.165) is 73.1 Å². The average Bonchev–Trinajstić information content (AvgIpc) is 3.56. The first kappa shape index (κ1) is 33.9. The fourth-order valence-corrected chi connectivity index (χ4v) is 9.15. The van der Waals surface area contributed by atoms with Gasteiger partial charge in [-0.1, -0.05) is 152 Å². The van der Waals surface area contributed by atoms with E-state index in [9.17, 15) is 0 Å². The van der Waals surface area contributed by atoms with Gasteiger partial charge in [-0.15, -0.1) is 0 Å². The number of nitrogens with zero attached hydrogens (tertiary/aromatic N) is 3. The van der Waals surface area contributed by atoms with Gasteiger partial charge in [0.1, 0.15) is 11.5 Å². The Kier molecular flexibility index (Phi) is 7.80. The molecule has 0 amide bonds. The van der Waals surface area contributed by atoms with E-state index in [1.807, 2.05) is 37.4 Å². The molecule has 0 bridgehead atoms. The zero-order valence-corrected chi connectivity index (χ0v) is 32.1. The van der Waals surface area contributed by atoms with Crippen molar-refractivity contribution in [3.8, 4) is 78.8 Å². The molecule has 0 N–H and O–H groups in total. The minimum atomic E-state index is -0.587. The monoisotopic (exact) mass is 743 g/mol. The summed E-state index contributed by atoms with van der Waals surface area (Å²) in [5.41, 5.74) is 18.1. The van der Waals surface area contributed by atoms with E-state index in [1.54, 1.807) is 0 Å². The number of aryl methyl sites for hydroxylation is 2. The van der Waals surface area contributed by atoms with Crippen molar-refractivity contribution in [3.05, 3.63) is 222 Å². The molecule has 4 heteroatoms. The number of hydrogen-bond acceptors (Lipinski definition) is 4. The smallest absolute Gasteiger partial charge is 0.160 e. The highest BCUT2D eigenvalue weighted by Gasteiger charge is 2.51. The Hall–Kier alpha value is -7.43. The SMILES string of the molecule is Cc1cc(-c2ccc(-c3ccccc3)cc2)nc(-c2ccc3c(c2)-c2ccccc2C32c3ccccc3Oc3cc(-c4cnc(-c5ccccc5)cc4C)ccc32)n1. The molecule has 0 radical (unpaired) electrons. The summed E-state index contributed by atoms with van der Waals surface area (Å²) >= 11 is 0. The zero-order chi connectivity index (χ0) is 38.8. The third-order valence-electron chi connectivity index (χ3n) is 11.8. The van der Waals surface area contributed by atoms with Gasteiger partial charge >= 0.3 is 0 Å². The summed E-state index contributed by atoms with van der Waals surface area (Å²) in [5, 5.41) is 0. The van der Waals surface area contributed by atoms with Gasteiger partial charge in [0.15, 0.2) is 5.82 Å². The van der Waals surface area contributed by atoms with E-state index in [4.69, 9.17) is 19.7 Å². The zero-order valence-electron chi connectivity index (χ0n) is 32.1. The number of fused-ring (bicyclic) bond motifs is 9. The molecule has 1 aliphatic carbocycles. The van der Waals surface area contributed by atoms with Crippen LogP contribution >= 0.6 is 0 Å². The third kappa shape index (κ3) is 5.33. The van der Waals surface area contributed by atoms with Crippen LogP contribution in [0, 0.1) is 13.8 Å². The topological polar surface area (TPSA) is 47.9 Å². The van der Waals surface area contributed by atoms with Crippen LogP contribution in [-0.4, -0.2) is 15.0 Å². The van der Waals surface area contributed by atoms with Crippen LogP contribution in [-0.2, 0) is 5.41 Å². The van der Waals surface area contributed by atoms with Crippen molar-refractivity contribution in [1.29, 1.82) is 0 Å². The summed E-state index contributed by atoms with van der Waals surface area (Å²) in [6.45, 7) is 4.20. The van der Waals surface area contributed by atoms with Crippen molar-refractivity contribution in [2.45, 2.75) is 19.3 Å². The molecule has 1 unspecified atom stereocenters. The van der Waals surface area contributed by atoms with Gasteiger partial charge in [0.2, 0.25) is 0 Å². The maximum absolute atomic E-state index is 6.84. The van der Waals surface area contributed by atoms with Crippen LogP contribution in [0.3, 0.4) is 0 Å². The maximum atomic E-state index is 6.84. The Labute approximate surface area is 338 Å². The number of hydrogen-bond donors (Lipinski definition) is 0. The molecule has 3 heterocycles. The lowest BCUT2D eigenvalue weighted by Gasteiger charge is -2.39. The van der Waals surface area contributed by atoms with Gasteiger partial charge in [0.05, 0.1) is 16.8 Å². The van der Waals surface area contributed by atoms with E-state index in [1.165, 1.54) is 33.4 Å². The summed E-state index contributed by atoms with van der Waals surface area (Å²) in [7, 11) is 0. The van der Waals surface area contributed by atoms with Gasteiger partial charge in [-0.25, -0.2) is 9.97 Å². The molecule has 58 heavy (non-hydrogen) atoms. The minimum absolute atomic E-state index is 0.587. The summed E-state index contributed by atoms with van der Waals surface area (Å²) in [5.74, 6) is 2.42. The average molecular weight is 744 g/mol. The number of pyridine rings is 1. The molecule has 274 valence electrons. The fraction of sp³-hybridized carbons (Fsp3) is 0.0556. The molecular formula is C54H37N3O. The predicted molar refractivity (Wildman–Crippen MR) is 234 cm³/mol. The van der Waals surface area contributed by atoms with Crippen LogP contribution in [0.25, 0.3) is 67.3 Å². The highest BCUT2D eigenvalue weighted by Crippen LogP contribution is 2.62. The number of benzene rings is 7. The quantitative estimate of drug-likeness (QED) is 0.176. The molecule has 1 spiro atoms. The first-order valence-electron chi connectivity index (χ1n) is 19.8. The van der Waals surface area contributed by atoms with Crippen LogP contribution in [0.1, 0.15) is 33.5 Å². The van der Waals surface area contributed by atoms with Crippen molar-refractivity contribution in [3.63, 3.8) is 0 Å². The lowest BCUT2D eigenvalue weighted by atomic mass is 9.66. The van der Waals surface area contributed by atoms with Gasteiger partial charge in [0, 0.05) is 45.3 Å². The molecule has 2 aliphatic rings. The van der Waals surface area contributed by atoms with Crippen molar-refractivity contribution in [2.75, 3.05) is 0 Å². The summed E-state index contributed by atoms with van der Waals surface area (Å²) in [4.78, 5) is 15.0. The van der Waals surface area contributed by atoms with E-state index in [2.05, 4.69) is 165 Å². The van der Waals surface area contributed by atoms with Crippen molar-refractivity contribution in [1.82, 2.24) is 15.0 Å². The van der Waals surface area contributed by atoms with Gasteiger partial charge in [-0.2, -0.15) is 0 Å². The summed E-state index contributed by atoms with van der Waals surface area (Å²) < 4.78 is 6.84. The van der Waals surface area contributed by atoms with E-state index >= 15 is 0 Å². The van der Waals surface area contributed by atoms with Crippen molar-refractivity contribution >= 4 is 0 Å². The summed E-state index contributed by atoms with van der Waals surface area (Å²) in [6.07, 6.45) is 1.99. The Morgan fingerprint density at radius 3 is 1.78 bits per heavy atom. The van der Waals surface area contributed by atoms with Crippen molar-refractivity contribution < 1.29 is 4.74 Å². The summed E-state index contributed by atoms with van der Waals surface area (Å²) in [6, 6.07) is 64.5. The Balaban J connectivity index is 1.03. The fourth-order valence-electron chi connectivity index (χ4n) is 9.15. The van der Waals surface area contributed by atoms with Gasteiger partial charge in [-0.3, -0.25) is 4.98 Å². The standard InChI is InChI=1S/C54H37N3O/c1-34-29-49(38-15-7-4-8-16-38)55-33-44(34)40-25-28-48-52(32-40)58-51-20-12-11-19-47(51)54(48)45-18-10-9-17-42(45)43-31-41(26-27-46(43)54)53-56-35(2)30-50(57-53)39-23-21-37(22-24-39)36-13-5-3-6-14-36/h3-33H,1-2H3. The first-order chi connectivity index (χ1) is 28.5. The molecule has 9 aromatic rings. The third-order valence-corrected chi connectivity index (χ3v) is 11.8. The lowest BCUT2D eigenvalue weighted by Crippen LogP contribution is -2.32. The van der Waals surface area contributed by atoms with Crippen LogP contribution < -0.4 is 4.74 Å². The normalized spacial score (nSPS) is 14.6. The molecule has 11 rings (SSSR count). The van der Waals surface area contributed by atoms with E-state index in [0.29, 0.717) is 5.82 Å². The number of aromatic nitrogens is 3. The number of rotatable bonds is 5. The van der Waals surface area contributed by atoms with Gasteiger partial charge < -0.3 is 4.74 Å². The predicted octanol–water partition coefficient (Wildman–Crippen LogP) is 13.3. The second-order valence-corrected chi connectivity index (χ2v) is 15.3. The highest BCUT2D eigenvalue weighted by atomic mass is 16.5. The Bertz CT molecular complexity index is 3050. The molecule has 2 aromatic heterocycles. The molecule has 4 nitrogen and oxygen atoms in total. The molecule has 1 atom stereocenters. The number of para-hydroxylation sites is 1. The van der Waals surface area contributed by atoms with Crippen LogP contribution in [0.2, 0.25) is 0 Å². The van der Waals surface area contributed by atoms with E-state index in [-0.39, 0.29) is 0 Å². The largest absolute Gasteiger partial charge is 0.457 e. The first-order valence-corrected chi connectivity index (χ1v) is 19.8. The molecule has 0 fully saturated rings. The number of ether oxygens (including phenoxy) is 1. The van der Waals surface area contributed by atoms with Crippen LogP contribution in [0.5, 0.6) is 11.5 Å². The second kappa shape index (κ2) is 13.4. The van der Waals surface area contributed by atoms with Crippen molar-refractivity contribution in [2.24, 2.45) is 0 Å². The second-order valence-electron chi connectivity index (χ2n) is 15.3. The Morgan fingerprint density at radius 2 is 0.983 bits per heavy atom. The van der Waals surface area contributed by atoms with Crippen LogP contribution in [0.4, 0.5) is 0 Å². The van der Waals surface area contributed by atoms with Crippen LogP contribution in [0.15, 0.2) is 188 Å². The lowest BCUT2D eigenvalue weighted by molar-refractivity contribution is 0.436. The molecule has 1 aliphatic heterocycles. The van der Waals surface area contributed by atoms with Gasteiger partial charge in [-0.05, 0) is 88.7 Å². The molecular weight excluding hydrogens is 707 g/mol. The molecule has 0 saturated carbocycles. The Morgan fingerprint density at radius 1 is 0.397 bits per heavy atom. The van der Waals surface area contributed by atoms with E-state index < -0.39 is 5.41 Å². The molecule has 7 aromatic carbocycles. The maximum Gasteiger partial charge on any atom is 0.160 e. The van der Waals surface area contributed by atoms with Gasteiger partial charge in [0.25, 0.3) is 0 Å². The minimum Gasteiger partial charge on any atom is -0.457 e. The highest BCUT2D eigenvalue weighted by molar-refractivity contribution is 5.91. The molecule has 0 saturated heterocycles.